The molecule has 0 unspecified atom stereocenters. The summed E-state index contributed by atoms with van der Waals surface area (Å²) in [5, 5.41) is 9.60. The smallest absolute Gasteiger partial charge is 0.0687 e. The quantitative estimate of drug-likeness (QED) is 0.733. The lowest BCUT2D eigenvalue weighted by atomic mass is 9.82. The van der Waals surface area contributed by atoms with Crippen molar-refractivity contribution in [3.8, 4) is 6.07 Å². The van der Waals surface area contributed by atoms with E-state index in [2.05, 4.69) is 11.0 Å². The molecule has 0 aliphatic carbocycles. The Kier molecular flexibility index (Phi) is 4.25. The minimum absolute atomic E-state index is 0.145. The molecule has 4 heteroatoms. The number of hydrogen-bond donors (Lipinski definition) is 0. The molecule has 0 atom stereocenters. The van der Waals surface area contributed by atoms with Gasteiger partial charge < -0.3 is 0 Å². The van der Waals surface area contributed by atoms with Crippen molar-refractivity contribution < 1.29 is 0 Å². The highest BCUT2D eigenvalue weighted by Gasteiger charge is 2.29. The number of rotatable bonds is 2. The van der Waals surface area contributed by atoms with Gasteiger partial charge in [-0.2, -0.15) is 5.26 Å². The van der Waals surface area contributed by atoms with E-state index >= 15 is 0 Å². The third-order valence-corrected chi connectivity index (χ3v) is 3.33. The third kappa shape index (κ3) is 3.16. The fourth-order valence-electron chi connectivity index (χ4n) is 1.56. The van der Waals surface area contributed by atoms with Gasteiger partial charge in [0.2, 0.25) is 0 Å². The summed E-state index contributed by atoms with van der Waals surface area (Å²) in [6.07, 6.45) is 1.83. The molecule has 0 aromatic rings. The predicted octanol–water partition coefficient (Wildman–Crippen LogP) is 2.93. The molecule has 1 heterocycles. The van der Waals surface area contributed by atoms with Gasteiger partial charge in [-0.1, -0.05) is 23.2 Å². The molecule has 1 fully saturated rings. The summed E-state index contributed by atoms with van der Waals surface area (Å²) >= 11 is 11.3. The number of nitrogens with zero attached hydrogens (tertiary/aromatic N) is 2. The molecule has 0 N–H and O–H groups in total. The molecule has 0 saturated carbocycles. The zero-order valence-corrected chi connectivity index (χ0v) is 9.78. The van der Waals surface area contributed by atoms with Crippen LogP contribution in [-0.4, -0.2) is 24.5 Å². The monoisotopic (exact) mass is 232 g/mol. The summed E-state index contributed by atoms with van der Waals surface area (Å²) < 4.78 is 0. The molecule has 14 heavy (non-hydrogen) atoms. The number of hydrogen-bond acceptors (Lipinski definition) is 2. The maximum absolute atomic E-state index is 8.94. The Balaban J connectivity index is 2.41. The second kappa shape index (κ2) is 5.02. The first kappa shape index (κ1) is 11.8. The molecule has 0 aromatic carbocycles. The van der Waals surface area contributed by atoms with Crippen LogP contribution in [-0.2, 0) is 0 Å². The van der Waals surface area contributed by atoms with Crippen LogP contribution in [0.2, 0.25) is 0 Å². The average molecular weight is 233 g/mol. The Morgan fingerprint density at radius 1 is 1.57 bits per heavy atom. The number of halogens is 2. The van der Waals surface area contributed by atoms with Gasteiger partial charge >= 0.3 is 0 Å². The van der Waals surface area contributed by atoms with E-state index in [1.165, 1.54) is 5.54 Å². The van der Waals surface area contributed by atoms with Crippen molar-refractivity contribution in [2.75, 3.05) is 19.6 Å². The highest BCUT2D eigenvalue weighted by Crippen LogP contribution is 2.30. The predicted molar refractivity (Wildman–Crippen MR) is 59.2 cm³/mol. The zero-order chi connectivity index (χ0) is 10.6. The van der Waals surface area contributed by atoms with Gasteiger partial charge in [-0.15, -0.1) is 0 Å². The van der Waals surface area contributed by atoms with E-state index in [0.717, 1.165) is 25.9 Å². The first-order valence-electron chi connectivity index (χ1n) is 4.68. The summed E-state index contributed by atoms with van der Waals surface area (Å²) in [4.78, 5) is 2.22. The van der Waals surface area contributed by atoms with Crippen LogP contribution in [0.4, 0.5) is 0 Å². The molecular weight excluding hydrogens is 219 g/mol. The molecule has 1 saturated heterocycles. The fourth-order valence-corrected chi connectivity index (χ4v) is 1.80. The van der Waals surface area contributed by atoms with Gasteiger partial charge in [0, 0.05) is 30.2 Å². The fraction of sp³-hybridized carbons (Fsp3) is 0.700. The summed E-state index contributed by atoms with van der Waals surface area (Å²) in [6, 6.07) is 2.37. The Hall–Kier alpha value is -0.230. The average Bonchev–Trinajstić information content (AvgIpc) is 2.21. The molecule has 78 valence electrons. The zero-order valence-electron chi connectivity index (χ0n) is 8.26. The van der Waals surface area contributed by atoms with Crippen molar-refractivity contribution in [1.82, 2.24) is 4.90 Å². The molecule has 1 aliphatic rings. The van der Waals surface area contributed by atoms with Crippen LogP contribution in [0.5, 0.6) is 0 Å². The van der Waals surface area contributed by atoms with Gasteiger partial charge in [-0.05, 0) is 19.8 Å². The van der Waals surface area contributed by atoms with Crippen LogP contribution >= 0.6 is 23.2 Å². The van der Waals surface area contributed by atoms with Crippen molar-refractivity contribution >= 4 is 23.2 Å². The lowest BCUT2D eigenvalue weighted by molar-refractivity contribution is 0.169. The van der Waals surface area contributed by atoms with Crippen LogP contribution in [0.15, 0.2) is 10.6 Å². The van der Waals surface area contributed by atoms with Crippen LogP contribution < -0.4 is 0 Å². The summed E-state index contributed by atoms with van der Waals surface area (Å²) in [6.45, 7) is 4.56. The molecule has 1 aliphatic heterocycles. The van der Waals surface area contributed by atoms with E-state index in [1.54, 1.807) is 0 Å². The Bertz CT molecular complexity index is 260. The molecule has 0 spiro atoms. The van der Waals surface area contributed by atoms with Gasteiger partial charge in [-0.3, -0.25) is 4.90 Å². The van der Waals surface area contributed by atoms with Crippen molar-refractivity contribution in [1.29, 1.82) is 5.26 Å². The standard InChI is InChI=1S/C10H14Cl2N2/c1-10(8-13)2-4-14(5-3-10)7-9(12)6-11/h6H,2-5,7H2,1H3. The second-order valence-corrected chi connectivity index (χ2v) is 4.71. The number of likely N-dealkylation sites (tertiary alicyclic amines) is 1. The van der Waals surface area contributed by atoms with Crippen LogP contribution in [0, 0.1) is 16.7 Å². The molecular formula is C10H14Cl2N2. The largest absolute Gasteiger partial charge is 0.298 e. The van der Waals surface area contributed by atoms with E-state index < -0.39 is 0 Å². The number of nitriles is 1. The van der Waals surface area contributed by atoms with E-state index in [0.29, 0.717) is 11.6 Å². The molecule has 0 bridgehead atoms. The van der Waals surface area contributed by atoms with Crippen LogP contribution in [0.3, 0.4) is 0 Å². The van der Waals surface area contributed by atoms with E-state index in [1.807, 2.05) is 6.92 Å². The minimum atomic E-state index is -0.145. The second-order valence-electron chi connectivity index (χ2n) is 4.00. The van der Waals surface area contributed by atoms with Gasteiger partial charge in [-0.25, -0.2) is 0 Å². The summed E-state index contributed by atoms with van der Waals surface area (Å²) in [5.41, 5.74) is 1.26. The molecule has 0 radical (unpaired) electrons. The topological polar surface area (TPSA) is 27.0 Å². The minimum Gasteiger partial charge on any atom is -0.298 e. The van der Waals surface area contributed by atoms with Crippen molar-refractivity contribution in [3.63, 3.8) is 0 Å². The molecule has 1 rings (SSSR count). The lowest BCUT2D eigenvalue weighted by Gasteiger charge is -2.34. The highest BCUT2D eigenvalue weighted by atomic mass is 35.5. The first-order valence-corrected chi connectivity index (χ1v) is 5.49. The molecule has 0 amide bonds. The maximum Gasteiger partial charge on any atom is 0.0687 e. The van der Waals surface area contributed by atoms with Gasteiger partial charge in [0.15, 0.2) is 0 Å². The van der Waals surface area contributed by atoms with E-state index in [-0.39, 0.29) is 5.41 Å². The van der Waals surface area contributed by atoms with Crippen LogP contribution in [0.25, 0.3) is 0 Å². The Labute approximate surface area is 95.1 Å². The molecule has 2 nitrogen and oxygen atoms in total. The van der Waals surface area contributed by atoms with Crippen molar-refractivity contribution in [2.45, 2.75) is 19.8 Å². The van der Waals surface area contributed by atoms with Crippen molar-refractivity contribution in [3.05, 3.63) is 10.6 Å². The van der Waals surface area contributed by atoms with Gasteiger partial charge in [0.25, 0.3) is 0 Å². The summed E-state index contributed by atoms with van der Waals surface area (Å²) in [5.74, 6) is 0. The highest BCUT2D eigenvalue weighted by molar-refractivity contribution is 6.36. The third-order valence-electron chi connectivity index (χ3n) is 2.72. The van der Waals surface area contributed by atoms with E-state index in [4.69, 9.17) is 28.5 Å². The van der Waals surface area contributed by atoms with Crippen LogP contribution in [0.1, 0.15) is 19.8 Å². The first-order chi connectivity index (χ1) is 6.59. The lowest BCUT2D eigenvalue weighted by Crippen LogP contribution is -2.38. The Morgan fingerprint density at radius 3 is 2.57 bits per heavy atom. The summed E-state index contributed by atoms with van der Waals surface area (Å²) in [7, 11) is 0. The molecule has 0 aromatic heterocycles. The Morgan fingerprint density at radius 2 is 2.14 bits per heavy atom. The van der Waals surface area contributed by atoms with Gasteiger partial charge in [0.05, 0.1) is 11.5 Å². The normalized spacial score (nSPS) is 23.1. The number of piperidine rings is 1. The maximum atomic E-state index is 8.94. The van der Waals surface area contributed by atoms with Gasteiger partial charge in [0.1, 0.15) is 0 Å². The van der Waals surface area contributed by atoms with E-state index in [9.17, 15) is 0 Å². The van der Waals surface area contributed by atoms with Crippen molar-refractivity contribution in [2.24, 2.45) is 5.41 Å². The SMILES string of the molecule is CC1(C#N)CCN(CC(Cl)=CCl)CC1.